The predicted octanol–water partition coefficient (Wildman–Crippen LogP) is 4.68. The number of hydrogen-bond acceptors (Lipinski definition) is 34. The summed E-state index contributed by atoms with van der Waals surface area (Å²) in [6, 6.07) is 0. The van der Waals surface area contributed by atoms with Gasteiger partial charge in [-0.15, -0.1) is 90.7 Å². The smallest absolute Gasteiger partial charge is 0.279 e. The van der Waals surface area contributed by atoms with Crippen molar-refractivity contribution in [3.63, 3.8) is 0 Å². The number of aliphatic hydroxyl groups excluding tert-OH is 7. The van der Waals surface area contributed by atoms with Gasteiger partial charge in [-0.05, 0) is 218 Å². The van der Waals surface area contributed by atoms with Crippen molar-refractivity contribution in [3.8, 4) is 0 Å². The highest BCUT2D eigenvalue weighted by Gasteiger charge is 2.62. The fourth-order valence-electron chi connectivity index (χ4n) is 18.7. The van der Waals surface area contributed by atoms with Crippen molar-refractivity contribution in [2.24, 2.45) is 0 Å². The lowest BCUT2D eigenvalue weighted by atomic mass is 9.95. The molecule has 0 aliphatic carbocycles. The molecule has 0 unspecified atom stereocenters. The van der Waals surface area contributed by atoms with E-state index in [9.17, 15) is 79.1 Å². The van der Waals surface area contributed by atoms with Gasteiger partial charge in [0.05, 0.1) is 74.6 Å². The van der Waals surface area contributed by atoms with Crippen molar-refractivity contribution in [3.05, 3.63) is 135 Å². The molecule has 814 valence electrons. The molecule has 15 N–H and O–H groups in total. The van der Waals surface area contributed by atoms with Crippen LogP contribution in [0, 0.1) is 41.5 Å². The molecule has 7 saturated heterocycles. The van der Waals surface area contributed by atoms with Gasteiger partial charge >= 0.3 is 0 Å². The molecule has 54 heteroatoms. The van der Waals surface area contributed by atoms with Crippen LogP contribution in [0.5, 0.6) is 0 Å². The van der Waals surface area contributed by atoms with Crippen molar-refractivity contribution in [1.29, 1.82) is 0 Å². The van der Waals surface area contributed by atoms with Crippen molar-refractivity contribution in [2.75, 3.05) is 124 Å². The molecule has 0 aromatic carbocycles. The number of nitrogens with zero attached hydrogens (tertiary/aromatic N) is 18. The van der Waals surface area contributed by atoms with Gasteiger partial charge in [-0.25, -0.2) is 64.2 Å². The number of alkyl halides is 2. The van der Waals surface area contributed by atoms with Gasteiger partial charge < -0.3 is 109 Å². The molecule has 46 nitrogen and oxygen atoms in total. The third kappa shape index (κ3) is 25.1. The normalized spacial score (nSPS) is 29.8. The van der Waals surface area contributed by atoms with Gasteiger partial charge in [-0.2, -0.15) is 0 Å². The van der Waals surface area contributed by atoms with Crippen molar-refractivity contribution < 1.29 is 83.5 Å². The van der Waals surface area contributed by atoms with E-state index < -0.39 is 180 Å². The van der Waals surface area contributed by atoms with E-state index >= 15 is 0 Å². The number of nitrogens with one attached hydrogen (secondary N) is 6. The molecule has 12 aromatic heterocycles. The number of rotatable bonds is 24. The second-order valence-corrected chi connectivity index (χ2v) is 70.8. The average molecular weight is 2200 g/mol. The Hall–Kier alpha value is -8.52. The average Bonchev–Trinajstić information content (AvgIpc) is 1.56. The molecule has 148 heavy (non-hydrogen) atoms. The zero-order valence-corrected chi connectivity index (χ0v) is 93.4. The summed E-state index contributed by atoms with van der Waals surface area (Å²) >= 11 is 6.40. The highest BCUT2D eigenvalue weighted by atomic mass is 35.5. The Bertz CT molecular complexity index is 7240. The topological polar surface area (TPSA) is 628 Å². The highest BCUT2D eigenvalue weighted by Crippen LogP contribution is 2.53. The summed E-state index contributed by atoms with van der Waals surface area (Å²) in [7, 11) is 0. The van der Waals surface area contributed by atoms with Crippen LogP contribution in [0.4, 0.5) is 4.39 Å². The van der Waals surface area contributed by atoms with Crippen LogP contribution in [0.2, 0.25) is 0 Å². The lowest BCUT2D eigenvalue weighted by Gasteiger charge is -2.32. The van der Waals surface area contributed by atoms with E-state index in [4.69, 9.17) is 44.8 Å². The zero-order chi connectivity index (χ0) is 109. The Morgan fingerprint density at radius 1 is 0.365 bits per heavy atom. The van der Waals surface area contributed by atoms with Crippen LogP contribution in [0.25, 0.3) is 67.0 Å². The summed E-state index contributed by atoms with van der Waals surface area (Å²) in [5.41, 5.74) is -3.49. The Kier molecular flexibility index (Phi) is 33.8. The summed E-state index contributed by atoms with van der Waals surface area (Å²) in [4.78, 5) is 138. The Labute approximate surface area is 857 Å². The summed E-state index contributed by atoms with van der Waals surface area (Å²) in [6.07, 6.45) is 26.6. The molecule has 0 saturated carbocycles. The van der Waals surface area contributed by atoms with Crippen LogP contribution in [-0.4, -0.2) is 432 Å². The lowest BCUT2D eigenvalue weighted by molar-refractivity contribution is -0.172. The van der Waals surface area contributed by atoms with E-state index in [1.54, 1.807) is 57.6 Å². The molecule has 19 heterocycles. The van der Waals surface area contributed by atoms with E-state index in [0.717, 1.165) is 37.0 Å². The monoisotopic (exact) mass is 2200 g/mol. The fraction of sp³-hybridized carbons (Fsp3) is 0.617. The quantitative estimate of drug-likeness (QED) is 0.0288. The first-order valence-electron chi connectivity index (χ1n) is 48.3. The van der Waals surface area contributed by atoms with E-state index in [-0.39, 0.29) is 78.2 Å². The molecule has 0 spiro atoms. The van der Waals surface area contributed by atoms with Crippen molar-refractivity contribution >= 4 is 158 Å². The van der Waals surface area contributed by atoms with E-state index in [1.807, 2.05) is 0 Å². The number of ether oxygens (including phenoxy) is 7. The molecule has 19 rings (SSSR count). The van der Waals surface area contributed by atoms with Gasteiger partial charge in [0, 0.05) is 0 Å². The van der Waals surface area contributed by atoms with E-state index in [1.165, 1.54) is 70.1 Å². The first-order chi connectivity index (χ1) is 68.6. The van der Waals surface area contributed by atoms with Gasteiger partial charge in [-0.3, -0.25) is 56.2 Å². The minimum absolute atomic E-state index is 0.124. The number of aryl methyl sites for hydroxylation is 6. The number of halogens is 2. The third-order valence-electron chi connectivity index (χ3n) is 27.1. The number of aliphatic hydroxyl groups is 9. The molecule has 24 atom stereocenters. The van der Waals surface area contributed by atoms with Crippen LogP contribution in [0.1, 0.15) is 132 Å². The van der Waals surface area contributed by atoms with Gasteiger partial charge in [0.2, 0.25) is 0 Å². The molecule has 0 radical (unpaired) electrons. The van der Waals surface area contributed by atoms with Crippen molar-refractivity contribution in [1.82, 2.24) is 117 Å². The molecule has 0 amide bonds. The minimum atomic E-state index is -1.61. The standard InChI is InChI=1S/C16H23N4O4P.3C16H25N4O4P.C15H22ClN4O3P.C15H22FN4O3P/c1-9-18-13-10(14(22)19-9)17-8-20(13)15-11-12(21)16(24-15,7-23-11)5-6-25(2,3)4;1-9-18-13-10(14(23)19-9)17-8-20(13)15-11(21)12(22)16(2,24-15)6-7-25(3,4)5;2*1-9-18-13-11(14(22)19-9)17-8-20(13)15-16(2,23)12(21)10(24-15)6-7-25(3,4)5;2*1-8-18-13-11(14(22)19-8)17-7-20(13)15-10(16)12(21)9(23-15)5-6-24(2,3)4/h8,11-12,15,21H,2,5-7H2,1,3-4H3,(H,18,19,22);8,11-12,15,21-22H,3,6-7H2,1-2,4-5H3,(H,18,19,23);2*8,10,12,15,21,23H,3,6-7H2,1-2,4-5H3,(H,18,19,22);2*7,9-10,12,15,21H,2,5-6H2,1,3-4H3,(H,18,19,22)/t11-,12+,15-,16+;11-,12+,15-,16-;10-,12-,15-,16+;10-,12-,15-,16-;2*9-,10-,12-,15-/m111111/s1. The van der Waals surface area contributed by atoms with Crippen molar-refractivity contribution in [2.45, 2.75) is 245 Å². The van der Waals surface area contributed by atoms with Gasteiger partial charge in [-0.1, -0.05) is 0 Å². The van der Waals surface area contributed by atoms with Crippen LogP contribution < -0.4 is 33.4 Å². The third-order valence-corrected chi connectivity index (χ3v) is 36.3. The number of H-pyrrole nitrogens is 6. The Morgan fingerprint density at radius 3 is 0.973 bits per heavy atom. The number of aromatic amines is 6. The number of aromatic nitrogens is 24. The molecule has 12 aromatic rings. The number of fused-ring (bicyclic) bond motifs is 8. The second-order valence-electron chi connectivity index (χ2n) is 44.4. The largest absolute Gasteiger partial charge is 0.389 e. The minimum Gasteiger partial charge on any atom is -0.389 e. The van der Waals surface area contributed by atoms with Crippen LogP contribution in [0.15, 0.2) is 66.7 Å². The van der Waals surface area contributed by atoms with Gasteiger partial charge in [0.25, 0.3) is 33.4 Å². The van der Waals surface area contributed by atoms with E-state index in [0.29, 0.717) is 108 Å². The highest BCUT2D eigenvalue weighted by molar-refractivity contribution is 7.73. The number of hydrogen-bond donors (Lipinski definition) is 15. The number of imidazole rings is 6. The molecule has 7 aliphatic heterocycles. The maximum absolute atomic E-state index is 14.6. The maximum atomic E-state index is 14.6. The molecular weight excluding hydrogens is 2060 g/mol. The zero-order valence-electron chi connectivity index (χ0n) is 87.3. The Morgan fingerprint density at radius 2 is 0.642 bits per heavy atom. The second kappa shape index (κ2) is 43.4. The summed E-state index contributed by atoms with van der Waals surface area (Å²) in [6.45, 7) is 33.2. The summed E-state index contributed by atoms with van der Waals surface area (Å²) in [5, 5.41) is 94.6. The molecule has 7 fully saturated rings. The van der Waals surface area contributed by atoms with Crippen LogP contribution in [-0.2, 0) is 33.2 Å². The first-order valence-corrected chi connectivity index (χ1v) is 67.1. The lowest BCUT2D eigenvalue weighted by Crippen LogP contribution is -2.43. The molecular formula is C94H142ClFN24O22P6. The van der Waals surface area contributed by atoms with Gasteiger partial charge in [0.15, 0.2) is 111 Å². The summed E-state index contributed by atoms with van der Waals surface area (Å²) < 4.78 is 65.7. The van der Waals surface area contributed by atoms with Crippen LogP contribution >= 0.6 is 52.9 Å². The molecule has 2 bridgehead atoms. The predicted molar refractivity (Wildman–Crippen MR) is 584 cm³/mol. The van der Waals surface area contributed by atoms with E-state index in [2.05, 4.69) is 207 Å². The SMILES string of the molecule is C=P(C)(C)CC[C@@]1(C)O[C@@H](n2cnc3c(=O)[nH]c(C)nc32)[C@H](O)[C@@H]1O.C=P(C)(C)CC[C@@]12CO[C@@H]([C@H](n3cnc4c(=O)[nH]c(C)nc43)O1)[C@@H]2O.C=P(C)(C)CC[C@H]1O[C@@H](n2cnc3c(=O)[nH]c(C)nc32)[C@@](C)(O)[C@@H]1O.C=P(C)(C)CC[C@H]1O[C@@H](n2cnc3c(=O)[nH]c(C)nc32)[C@H](Cl)[C@@H]1O.C=P(C)(C)CC[C@H]1O[C@@H](n2cnc3c(=O)[nH]c(C)nc32)[C@H](F)[C@@H]1O.C=P(C)(C)CC[C@H]1O[C@@H](n2cnc3c(=O)[nH]c(C)nc32)[C@](C)(O)[C@@H]1O. The van der Waals surface area contributed by atoms with Gasteiger partial charge in [0.1, 0.15) is 106 Å². The summed E-state index contributed by atoms with van der Waals surface area (Å²) in [5.74, 6) is 2.72. The molecule has 7 aliphatic rings. The Balaban J connectivity index is 0.000000140. The fourth-order valence-corrected chi connectivity index (χ4v) is 24.9. The maximum Gasteiger partial charge on any atom is 0.279 e. The van der Waals surface area contributed by atoms with Crippen LogP contribution in [0.3, 0.4) is 0 Å². The first kappa shape index (κ1) is 115.